The highest BCUT2D eigenvalue weighted by atomic mass is 19.1. The van der Waals surface area contributed by atoms with E-state index in [0.29, 0.717) is 11.5 Å². The van der Waals surface area contributed by atoms with E-state index in [2.05, 4.69) is 19.9 Å². The molecule has 3 heterocycles. The molecule has 0 spiro atoms. The fraction of sp³-hybridized carbons (Fsp3) is 0.350. The Balaban J connectivity index is 1.55. The second-order valence-electron chi connectivity index (χ2n) is 6.86. The average molecular weight is 336 g/mol. The number of anilines is 1. The van der Waals surface area contributed by atoms with Crippen molar-refractivity contribution < 1.29 is 4.39 Å². The summed E-state index contributed by atoms with van der Waals surface area (Å²) in [4.78, 5) is 15.8. The Labute approximate surface area is 146 Å². The minimum Gasteiger partial charge on any atom is -0.356 e. The third kappa shape index (κ3) is 3.18. The average Bonchev–Trinajstić information content (AvgIpc) is 3.06. The van der Waals surface area contributed by atoms with E-state index < -0.39 is 0 Å². The molecule has 3 aromatic rings. The van der Waals surface area contributed by atoms with E-state index in [0.717, 1.165) is 54.2 Å². The van der Waals surface area contributed by atoms with Crippen LogP contribution in [0.3, 0.4) is 0 Å². The van der Waals surface area contributed by atoms with Crippen LogP contribution in [0.15, 0.2) is 36.5 Å². The molecule has 0 radical (unpaired) electrons. The molecular formula is C20H21FN4. The molecule has 1 atom stereocenters. The molecular weight excluding hydrogens is 315 g/mol. The normalized spacial score (nSPS) is 17.4. The molecule has 0 aliphatic carbocycles. The first kappa shape index (κ1) is 15.9. The zero-order valence-electron chi connectivity index (χ0n) is 14.5. The van der Waals surface area contributed by atoms with Gasteiger partial charge in [-0.15, -0.1) is 0 Å². The molecule has 0 saturated carbocycles. The van der Waals surface area contributed by atoms with Crippen molar-refractivity contribution in [2.24, 2.45) is 5.92 Å². The Morgan fingerprint density at radius 1 is 1.20 bits per heavy atom. The standard InChI is InChI=1S/C20H21FN4/c1-13-5-6-15(11-18(13)21)10-16-7-9-25(12-16)20-17-4-3-8-22-19(17)23-14(2)24-20/h3-6,8,11,16H,7,9-10,12H2,1-2H3. The number of fused-ring (bicyclic) bond motifs is 1. The van der Waals surface area contributed by atoms with E-state index in [-0.39, 0.29) is 5.82 Å². The number of rotatable bonds is 3. The second kappa shape index (κ2) is 6.39. The molecule has 1 aliphatic rings. The maximum Gasteiger partial charge on any atom is 0.164 e. The van der Waals surface area contributed by atoms with Gasteiger partial charge in [-0.25, -0.2) is 19.3 Å². The predicted octanol–water partition coefficient (Wildman–Crippen LogP) is 3.85. The lowest BCUT2D eigenvalue weighted by Crippen LogP contribution is -2.22. The quantitative estimate of drug-likeness (QED) is 0.728. The highest BCUT2D eigenvalue weighted by molar-refractivity contribution is 5.86. The Morgan fingerprint density at radius 3 is 2.92 bits per heavy atom. The molecule has 25 heavy (non-hydrogen) atoms. The first-order valence-corrected chi connectivity index (χ1v) is 8.69. The fourth-order valence-corrected chi connectivity index (χ4v) is 3.58. The van der Waals surface area contributed by atoms with Gasteiger partial charge in [-0.3, -0.25) is 0 Å². The molecule has 1 aliphatic heterocycles. The van der Waals surface area contributed by atoms with Crippen LogP contribution in [0.5, 0.6) is 0 Å². The van der Waals surface area contributed by atoms with Crippen molar-refractivity contribution in [2.75, 3.05) is 18.0 Å². The van der Waals surface area contributed by atoms with E-state index in [1.54, 1.807) is 19.2 Å². The van der Waals surface area contributed by atoms with Crippen molar-refractivity contribution in [1.82, 2.24) is 15.0 Å². The number of pyridine rings is 1. The Hall–Kier alpha value is -2.56. The first-order valence-electron chi connectivity index (χ1n) is 8.69. The molecule has 5 heteroatoms. The van der Waals surface area contributed by atoms with Crippen molar-refractivity contribution in [2.45, 2.75) is 26.7 Å². The molecule has 1 unspecified atom stereocenters. The van der Waals surface area contributed by atoms with Crippen molar-refractivity contribution in [1.29, 1.82) is 0 Å². The van der Waals surface area contributed by atoms with Crippen LogP contribution in [0, 0.1) is 25.6 Å². The van der Waals surface area contributed by atoms with Crippen molar-refractivity contribution in [3.8, 4) is 0 Å². The van der Waals surface area contributed by atoms with Gasteiger partial charge in [0.25, 0.3) is 0 Å². The van der Waals surface area contributed by atoms with E-state index in [1.165, 1.54) is 0 Å². The van der Waals surface area contributed by atoms with Crippen molar-refractivity contribution >= 4 is 16.9 Å². The molecule has 4 nitrogen and oxygen atoms in total. The zero-order valence-corrected chi connectivity index (χ0v) is 14.5. The molecule has 1 saturated heterocycles. The lowest BCUT2D eigenvalue weighted by Gasteiger charge is -2.19. The molecule has 4 rings (SSSR count). The topological polar surface area (TPSA) is 41.9 Å². The predicted molar refractivity (Wildman–Crippen MR) is 97.2 cm³/mol. The summed E-state index contributed by atoms with van der Waals surface area (Å²) in [6, 6.07) is 9.53. The maximum atomic E-state index is 13.8. The maximum absolute atomic E-state index is 13.8. The number of hydrogen-bond acceptors (Lipinski definition) is 4. The summed E-state index contributed by atoms with van der Waals surface area (Å²) in [6.45, 7) is 5.59. The third-order valence-electron chi connectivity index (χ3n) is 4.91. The van der Waals surface area contributed by atoms with Crippen LogP contribution in [-0.2, 0) is 6.42 Å². The summed E-state index contributed by atoms with van der Waals surface area (Å²) in [5, 5.41) is 0.995. The third-order valence-corrected chi connectivity index (χ3v) is 4.91. The van der Waals surface area contributed by atoms with Gasteiger partial charge in [0, 0.05) is 19.3 Å². The van der Waals surface area contributed by atoms with Crippen LogP contribution in [0.4, 0.5) is 10.2 Å². The second-order valence-corrected chi connectivity index (χ2v) is 6.86. The number of nitrogens with zero attached hydrogens (tertiary/aromatic N) is 4. The minimum atomic E-state index is -0.115. The van der Waals surface area contributed by atoms with Crippen molar-refractivity contribution in [3.63, 3.8) is 0 Å². The van der Waals surface area contributed by atoms with Gasteiger partial charge in [-0.2, -0.15) is 0 Å². The lowest BCUT2D eigenvalue weighted by molar-refractivity contribution is 0.576. The monoisotopic (exact) mass is 336 g/mol. The number of hydrogen-bond donors (Lipinski definition) is 0. The van der Waals surface area contributed by atoms with Gasteiger partial charge in [0.15, 0.2) is 5.65 Å². The van der Waals surface area contributed by atoms with Crippen LogP contribution in [-0.4, -0.2) is 28.0 Å². The Bertz CT molecular complexity index is 925. The summed E-state index contributed by atoms with van der Waals surface area (Å²) in [5.41, 5.74) is 2.52. The van der Waals surface area contributed by atoms with Gasteiger partial charge in [-0.05, 0) is 61.9 Å². The number of halogens is 1. The van der Waals surface area contributed by atoms with Crippen molar-refractivity contribution in [3.05, 3.63) is 59.3 Å². The summed E-state index contributed by atoms with van der Waals surface area (Å²) < 4.78 is 13.8. The molecule has 0 bridgehead atoms. The van der Waals surface area contributed by atoms with Crippen LogP contribution >= 0.6 is 0 Å². The highest BCUT2D eigenvalue weighted by Crippen LogP contribution is 2.29. The number of aryl methyl sites for hydroxylation is 2. The van der Waals surface area contributed by atoms with Gasteiger partial charge in [-0.1, -0.05) is 12.1 Å². The fourth-order valence-electron chi connectivity index (χ4n) is 3.58. The smallest absolute Gasteiger partial charge is 0.164 e. The first-order chi connectivity index (χ1) is 12.1. The van der Waals surface area contributed by atoms with E-state index in [1.807, 2.05) is 31.2 Å². The molecule has 128 valence electrons. The van der Waals surface area contributed by atoms with E-state index in [9.17, 15) is 4.39 Å². The Kier molecular flexibility index (Phi) is 4.07. The van der Waals surface area contributed by atoms with Gasteiger partial charge in [0.2, 0.25) is 0 Å². The summed E-state index contributed by atoms with van der Waals surface area (Å²) in [6.07, 6.45) is 3.74. The zero-order chi connectivity index (χ0) is 17.4. The molecule has 0 amide bonds. The van der Waals surface area contributed by atoms with Gasteiger partial charge < -0.3 is 4.90 Å². The van der Waals surface area contributed by atoms with Gasteiger partial charge in [0.1, 0.15) is 17.5 Å². The van der Waals surface area contributed by atoms with Crippen LogP contribution < -0.4 is 4.90 Å². The molecule has 0 N–H and O–H groups in total. The summed E-state index contributed by atoms with van der Waals surface area (Å²) in [7, 11) is 0. The molecule has 1 fully saturated rings. The molecule has 1 aromatic carbocycles. The highest BCUT2D eigenvalue weighted by Gasteiger charge is 2.25. The molecule has 2 aromatic heterocycles. The van der Waals surface area contributed by atoms with Gasteiger partial charge >= 0.3 is 0 Å². The number of benzene rings is 1. The van der Waals surface area contributed by atoms with Gasteiger partial charge in [0.05, 0.1) is 5.39 Å². The van der Waals surface area contributed by atoms with Crippen LogP contribution in [0.2, 0.25) is 0 Å². The van der Waals surface area contributed by atoms with Crippen LogP contribution in [0.1, 0.15) is 23.4 Å². The van der Waals surface area contributed by atoms with E-state index in [4.69, 9.17) is 0 Å². The van der Waals surface area contributed by atoms with E-state index >= 15 is 0 Å². The lowest BCUT2D eigenvalue weighted by atomic mass is 9.98. The summed E-state index contributed by atoms with van der Waals surface area (Å²) in [5.74, 6) is 2.10. The largest absolute Gasteiger partial charge is 0.356 e. The summed E-state index contributed by atoms with van der Waals surface area (Å²) >= 11 is 0. The minimum absolute atomic E-state index is 0.115. The van der Waals surface area contributed by atoms with Crippen LogP contribution in [0.25, 0.3) is 11.0 Å². The Morgan fingerprint density at radius 2 is 2.08 bits per heavy atom. The SMILES string of the molecule is Cc1nc(N2CCC(Cc3ccc(C)c(F)c3)C2)c2cccnc2n1. The number of aromatic nitrogens is 3.